The van der Waals surface area contributed by atoms with E-state index >= 15 is 0 Å². The molecule has 1 aromatic carbocycles. The Morgan fingerprint density at radius 1 is 1.25 bits per heavy atom. The van der Waals surface area contributed by atoms with Gasteiger partial charge in [0.05, 0.1) is 10.9 Å². The molecule has 0 bridgehead atoms. The molecule has 0 N–H and O–H groups in total. The van der Waals surface area contributed by atoms with Crippen molar-refractivity contribution in [3.8, 4) is 0 Å². The van der Waals surface area contributed by atoms with Crippen molar-refractivity contribution in [2.75, 3.05) is 0 Å². The molecule has 1 saturated carbocycles. The molecular weight excluding hydrogens is 431 g/mol. The van der Waals surface area contributed by atoms with E-state index < -0.39 is 0 Å². The number of aromatic nitrogens is 2. The lowest BCUT2D eigenvalue weighted by Crippen LogP contribution is -2.26. The zero-order valence-corrected chi connectivity index (χ0v) is 14.7. The van der Waals surface area contributed by atoms with Crippen LogP contribution in [0.4, 0.5) is 0 Å². The van der Waals surface area contributed by atoms with Crippen LogP contribution >= 0.6 is 38.5 Å². The molecule has 0 saturated heterocycles. The van der Waals surface area contributed by atoms with E-state index in [-0.39, 0.29) is 11.0 Å². The van der Waals surface area contributed by atoms with Gasteiger partial charge in [-0.1, -0.05) is 28.8 Å². The summed E-state index contributed by atoms with van der Waals surface area (Å²) in [5, 5.41) is 0.738. The maximum atomic E-state index is 12.8. The lowest BCUT2D eigenvalue weighted by atomic mass is 9.84. The molecule has 1 spiro atoms. The molecule has 1 fully saturated rings. The van der Waals surface area contributed by atoms with Gasteiger partial charge in [0, 0.05) is 20.0 Å². The van der Waals surface area contributed by atoms with Crippen molar-refractivity contribution >= 4 is 49.4 Å². The molecule has 0 atom stereocenters. The van der Waals surface area contributed by atoms with Gasteiger partial charge in [-0.15, -0.1) is 0 Å². The number of hydrogen-bond donors (Lipinski definition) is 0. The Morgan fingerprint density at radius 2 is 2.00 bits per heavy atom. The first-order chi connectivity index (χ1) is 9.61. The molecule has 4 rings (SSSR count). The predicted molar refractivity (Wildman–Crippen MR) is 91.2 cm³/mol. The van der Waals surface area contributed by atoms with Gasteiger partial charge in [0.15, 0.2) is 0 Å². The number of hydrogen-bond acceptors (Lipinski definition) is 2. The van der Waals surface area contributed by atoms with E-state index in [1.165, 1.54) is 25.7 Å². The van der Waals surface area contributed by atoms with Gasteiger partial charge in [-0.3, -0.25) is 9.36 Å². The minimum atomic E-state index is 0.132. The van der Waals surface area contributed by atoms with Crippen LogP contribution in [0.1, 0.15) is 37.9 Å². The van der Waals surface area contributed by atoms with E-state index in [0.717, 1.165) is 37.7 Å². The van der Waals surface area contributed by atoms with Gasteiger partial charge < -0.3 is 0 Å². The molecule has 2 heterocycles. The van der Waals surface area contributed by atoms with Crippen molar-refractivity contribution in [1.29, 1.82) is 0 Å². The molecule has 104 valence electrons. The second-order valence-corrected chi connectivity index (χ2v) is 7.99. The summed E-state index contributed by atoms with van der Waals surface area (Å²) in [4.78, 5) is 17.7. The molecule has 2 aliphatic rings. The summed E-state index contributed by atoms with van der Waals surface area (Å²) >= 11 is 5.75. The van der Waals surface area contributed by atoms with E-state index in [2.05, 4.69) is 38.5 Å². The highest BCUT2D eigenvalue weighted by Crippen LogP contribution is 2.46. The molecule has 1 aliphatic heterocycles. The summed E-state index contributed by atoms with van der Waals surface area (Å²) in [5.41, 5.74) is 1.19. The number of halogens is 2. The average Bonchev–Trinajstić information content (AvgIpc) is 3.01. The van der Waals surface area contributed by atoms with Crippen molar-refractivity contribution in [3.63, 3.8) is 0 Å². The Hall–Kier alpha value is -0.430. The van der Waals surface area contributed by atoms with Gasteiger partial charge in [0.25, 0.3) is 5.56 Å². The SMILES string of the molecule is O=c1c2cc(Br)cc(I)c2nc2n1CCC21CCCC1. The number of fused-ring (bicyclic) bond motifs is 3. The van der Waals surface area contributed by atoms with Crippen molar-refractivity contribution < 1.29 is 0 Å². The summed E-state index contributed by atoms with van der Waals surface area (Å²) < 4.78 is 3.92. The van der Waals surface area contributed by atoms with Gasteiger partial charge >= 0.3 is 0 Å². The quantitative estimate of drug-likeness (QED) is 0.576. The van der Waals surface area contributed by atoms with E-state index in [9.17, 15) is 4.79 Å². The van der Waals surface area contributed by atoms with Gasteiger partial charge in [-0.2, -0.15) is 0 Å². The maximum Gasteiger partial charge on any atom is 0.261 e. The molecule has 0 amide bonds. The molecular formula is C15H14BrIN2O. The van der Waals surface area contributed by atoms with Crippen molar-refractivity contribution in [3.05, 3.63) is 36.4 Å². The third-order valence-corrected chi connectivity index (χ3v) is 6.11. The zero-order chi connectivity index (χ0) is 13.9. The highest BCUT2D eigenvalue weighted by molar-refractivity contribution is 14.1. The molecule has 0 radical (unpaired) electrons. The van der Waals surface area contributed by atoms with E-state index in [4.69, 9.17) is 4.98 Å². The Morgan fingerprint density at radius 3 is 2.75 bits per heavy atom. The lowest BCUT2D eigenvalue weighted by Gasteiger charge is -2.22. The molecule has 1 aromatic heterocycles. The normalized spacial score (nSPS) is 19.9. The molecule has 3 nitrogen and oxygen atoms in total. The first kappa shape index (κ1) is 13.2. The second-order valence-electron chi connectivity index (χ2n) is 5.91. The minimum Gasteiger partial charge on any atom is -0.296 e. The van der Waals surface area contributed by atoms with Crippen LogP contribution in [0.25, 0.3) is 10.9 Å². The van der Waals surface area contributed by atoms with Gasteiger partial charge in [0.2, 0.25) is 0 Å². The van der Waals surface area contributed by atoms with Crippen LogP contribution in [0.3, 0.4) is 0 Å². The van der Waals surface area contributed by atoms with Crippen LogP contribution in [-0.4, -0.2) is 9.55 Å². The van der Waals surface area contributed by atoms with Gasteiger partial charge in [-0.25, -0.2) is 4.98 Å². The standard InChI is InChI=1S/C15H14BrIN2O/c16-9-7-10-12(11(17)8-9)18-14-15(3-1-2-4-15)5-6-19(14)13(10)20/h7-8H,1-6H2. The second kappa shape index (κ2) is 4.53. The summed E-state index contributed by atoms with van der Waals surface area (Å²) in [6.07, 6.45) is 6.01. The van der Waals surface area contributed by atoms with Gasteiger partial charge in [0.1, 0.15) is 5.82 Å². The Labute approximate surface area is 139 Å². The van der Waals surface area contributed by atoms with Crippen LogP contribution in [-0.2, 0) is 12.0 Å². The Bertz CT molecular complexity index is 778. The average molecular weight is 445 g/mol. The summed E-state index contributed by atoms with van der Waals surface area (Å²) in [7, 11) is 0. The Kier molecular flexibility index (Phi) is 3.00. The highest BCUT2D eigenvalue weighted by Gasteiger charge is 2.43. The monoisotopic (exact) mass is 444 g/mol. The van der Waals surface area contributed by atoms with Crippen molar-refractivity contribution in [2.45, 2.75) is 44.1 Å². The maximum absolute atomic E-state index is 12.8. The van der Waals surface area contributed by atoms with Crippen LogP contribution in [0.2, 0.25) is 0 Å². The Balaban J connectivity index is 2.08. The minimum absolute atomic E-state index is 0.132. The highest BCUT2D eigenvalue weighted by atomic mass is 127. The van der Waals surface area contributed by atoms with Crippen molar-refractivity contribution in [1.82, 2.24) is 9.55 Å². The molecule has 2 aromatic rings. The van der Waals surface area contributed by atoms with Crippen LogP contribution in [0.5, 0.6) is 0 Å². The van der Waals surface area contributed by atoms with Crippen molar-refractivity contribution in [2.24, 2.45) is 0 Å². The fourth-order valence-electron chi connectivity index (χ4n) is 3.83. The zero-order valence-electron chi connectivity index (χ0n) is 11.0. The molecule has 1 aliphatic carbocycles. The lowest BCUT2D eigenvalue weighted by molar-refractivity contribution is 0.429. The fourth-order valence-corrected chi connectivity index (χ4v) is 5.46. The van der Waals surface area contributed by atoms with E-state index in [1.54, 1.807) is 0 Å². The molecule has 5 heteroatoms. The number of rotatable bonds is 0. The van der Waals surface area contributed by atoms with Crippen LogP contribution in [0, 0.1) is 3.57 Å². The molecule has 0 unspecified atom stereocenters. The summed E-state index contributed by atoms with van der Waals surface area (Å²) in [6.45, 7) is 0.834. The smallest absolute Gasteiger partial charge is 0.261 e. The van der Waals surface area contributed by atoms with Crippen LogP contribution < -0.4 is 5.56 Å². The first-order valence-electron chi connectivity index (χ1n) is 7.01. The molecule has 20 heavy (non-hydrogen) atoms. The summed E-state index contributed by atoms with van der Waals surface area (Å²) in [6, 6.07) is 3.93. The number of benzene rings is 1. The van der Waals surface area contributed by atoms with E-state index in [0.29, 0.717) is 0 Å². The first-order valence-corrected chi connectivity index (χ1v) is 8.88. The number of nitrogens with zero attached hydrogens (tertiary/aromatic N) is 2. The fraction of sp³-hybridized carbons (Fsp3) is 0.467. The van der Waals surface area contributed by atoms with E-state index in [1.807, 2.05) is 16.7 Å². The summed E-state index contributed by atoms with van der Waals surface area (Å²) in [5.74, 6) is 1.05. The third kappa shape index (κ3) is 1.75. The largest absolute Gasteiger partial charge is 0.296 e. The third-order valence-electron chi connectivity index (χ3n) is 4.83. The van der Waals surface area contributed by atoms with Gasteiger partial charge in [-0.05, 0) is 54.0 Å². The van der Waals surface area contributed by atoms with Crippen LogP contribution in [0.15, 0.2) is 21.4 Å². The predicted octanol–water partition coefficient (Wildman–Crippen LogP) is 3.98. The topological polar surface area (TPSA) is 34.9 Å².